The molecule has 0 aliphatic carbocycles. The third-order valence-electron chi connectivity index (χ3n) is 5.05. The molecule has 2 N–H and O–H groups in total. The normalized spacial score (nSPS) is 16.6. The first kappa shape index (κ1) is 21.5. The molecule has 1 aliphatic heterocycles. The molecule has 29 heavy (non-hydrogen) atoms. The van der Waals surface area contributed by atoms with Gasteiger partial charge in [0.2, 0.25) is 5.95 Å². The second-order valence-corrected chi connectivity index (χ2v) is 8.27. The Morgan fingerprint density at radius 3 is 2.66 bits per heavy atom. The number of guanidine groups is 1. The van der Waals surface area contributed by atoms with Crippen LogP contribution in [0.4, 0.5) is 5.95 Å². The number of aromatic nitrogens is 2. The summed E-state index contributed by atoms with van der Waals surface area (Å²) in [4.78, 5) is 19.6. The molecule has 0 bridgehead atoms. The summed E-state index contributed by atoms with van der Waals surface area (Å²) in [5.74, 6) is 2.22. The van der Waals surface area contributed by atoms with Crippen molar-refractivity contribution in [1.29, 1.82) is 0 Å². The lowest BCUT2D eigenvalue weighted by Gasteiger charge is -2.34. The van der Waals surface area contributed by atoms with Crippen LogP contribution in [0.1, 0.15) is 31.1 Å². The van der Waals surface area contributed by atoms with Crippen LogP contribution in [0.25, 0.3) is 0 Å². The number of nitrogens with zero attached hydrogens (tertiary/aromatic N) is 5. The number of piperazine rings is 1. The molecule has 3 rings (SSSR count). The van der Waals surface area contributed by atoms with Crippen molar-refractivity contribution < 1.29 is 0 Å². The van der Waals surface area contributed by atoms with Crippen LogP contribution in [0.2, 0.25) is 0 Å². The monoisotopic (exact) mass is 415 g/mol. The van der Waals surface area contributed by atoms with Crippen LogP contribution in [-0.2, 0) is 0 Å². The minimum Gasteiger partial charge on any atom is -0.357 e. The lowest BCUT2D eigenvalue weighted by molar-refractivity contribution is 0.254. The SMILES string of the molecule is CCNC(=NCC(C)c1cccs1)NCCCN1CCN(c2ncccn2)CC1. The molecule has 1 saturated heterocycles. The molecule has 7 nitrogen and oxygen atoms in total. The lowest BCUT2D eigenvalue weighted by atomic mass is 10.1. The fourth-order valence-corrected chi connectivity index (χ4v) is 4.15. The fourth-order valence-electron chi connectivity index (χ4n) is 3.37. The largest absolute Gasteiger partial charge is 0.357 e. The molecule has 1 unspecified atom stereocenters. The van der Waals surface area contributed by atoms with E-state index in [1.165, 1.54) is 4.88 Å². The molecule has 3 heterocycles. The van der Waals surface area contributed by atoms with Crippen molar-refractivity contribution >= 4 is 23.2 Å². The molecule has 0 aromatic carbocycles. The van der Waals surface area contributed by atoms with Gasteiger partial charge in [0, 0.05) is 62.5 Å². The van der Waals surface area contributed by atoms with E-state index in [1.807, 2.05) is 18.5 Å². The first-order valence-corrected chi connectivity index (χ1v) is 11.4. The van der Waals surface area contributed by atoms with E-state index in [2.05, 4.69) is 61.8 Å². The van der Waals surface area contributed by atoms with Crippen molar-refractivity contribution in [3.05, 3.63) is 40.8 Å². The van der Waals surface area contributed by atoms with Gasteiger partial charge >= 0.3 is 0 Å². The number of thiophene rings is 1. The lowest BCUT2D eigenvalue weighted by Crippen LogP contribution is -2.47. The van der Waals surface area contributed by atoms with Crippen LogP contribution in [-0.4, -0.2) is 73.2 Å². The zero-order valence-corrected chi connectivity index (χ0v) is 18.4. The molecular formula is C21H33N7S. The van der Waals surface area contributed by atoms with Crippen molar-refractivity contribution in [3.8, 4) is 0 Å². The minimum atomic E-state index is 0.454. The summed E-state index contributed by atoms with van der Waals surface area (Å²) in [5, 5.41) is 8.97. The predicted molar refractivity (Wildman–Crippen MR) is 122 cm³/mol. The number of hydrogen-bond acceptors (Lipinski definition) is 6. The van der Waals surface area contributed by atoms with Gasteiger partial charge in [0.15, 0.2) is 5.96 Å². The first-order chi connectivity index (χ1) is 14.3. The van der Waals surface area contributed by atoms with Crippen molar-refractivity contribution in [2.45, 2.75) is 26.2 Å². The number of anilines is 1. The molecule has 8 heteroatoms. The molecule has 2 aromatic heterocycles. The van der Waals surface area contributed by atoms with E-state index < -0.39 is 0 Å². The van der Waals surface area contributed by atoms with Crippen LogP contribution in [0, 0.1) is 0 Å². The Hall–Kier alpha value is -2.19. The third kappa shape index (κ3) is 6.97. The maximum atomic E-state index is 4.76. The van der Waals surface area contributed by atoms with Crippen LogP contribution >= 0.6 is 11.3 Å². The van der Waals surface area contributed by atoms with Gasteiger partial charge in [-0.25, -0.2) is 9.97 Å². The summed E-state index contributed by atoms with van der Waals surface area (Å²) in [6.07, 6.45) is 4.72. The number of nitrogens with one attached hydrogen (secondary N) is 2. The molecule has 1 atom stereocenters. The quantitative estimate of drug-likeness (QED) is 0.372. The number of aliphatic imine (C=N–C) groups is 1. The Morgan fingerprint density at radius 2 is 1.97 bits per heavy atom. The summed E-state index contributed by atoms with van der Waals surface area (Å²) in [7, 11) is 0. The molecule has 1 aliphatic rings. The predicted octanol–water partition coefficient (Wildman–Crippen LogP) is 2.41. The Bertz CT molecular complexity index is 712. The van der Waals surface area contributed by atoms with E-state index in [-0.39, 0.29) is 0 Å². The van der Waals surface area contributed by atoms with Crippen LogP contribution < -0.4 is 15.5 Å². The zero-order chi connectivity index (χ0) is 20.3. The molecule has 0 radical (unpaired) electrons. The fraction of sp³-hybridized carbons (Fsp3) is 0.571. The summed E-state index contributed by atoms with van der Waals surface area (Å²) < 4.78 is 0. The highest BCUT2D eigenvalue weighted by atomic mass is 32.1. The molecule has 0 amide bonds. The zero-order valence-electron chi connectivity index (χ0n) is 17.5. The van der Waals surface area contributed by atoms with E-state index in [0.29, 0.717) is 5.92 Å². The topological polar surface area (TPSA) is 68.7 Å². The Morgan fingerprint density at radius 1 is 1.17 bits per heavy atom. The number of hydrogen-bond donors (Lipinski definition) is 2. The van der Waals surface area contributed by atoms with Gasteiger partial charge in [-0.05, 0) is 37.4 Å². The Balaban J connectivity index is 1.34. The van der Waals surface area contributed by atoms with Gasteiger partial charge in [0.1, 0.15) is 0 Å². The van der Waals surface area contributed by atoms with E-state index in [9.17, 15) is 0 Å². The van der Waals surface area contributed by atoms with Crippen LogP contribution in [0.5, 0.6) is 0 Å². The first-order valence-electron chi connectivity index (χ1n) is 10.6. The van der Waals surface area contributed by atoms with Gasteiger partial charge < -0.3 is 15.5 Å². The second kappa shape index (κ2) is 11.7. The highest BCUT2D eigenvalue weighted by Gasteiger charge is 2.18. The third-order valence-corrected chi connectivity index (χ3v) is 6.15. The van der Waals surface area contributed by atoms with Crippen LogP contribution in [0.15, 0.2) is 41.0 Å². The van der Waals surface area contributed by atoms with Crippen LogP contribution in [0.3, 0.4) is 0 Å². The highest BCUT2D eigenvalue weighted by molar-refractivity contribution is 7.10. The standard InChI is InChI=1S/C21H33N7S/c1-3-22-20(26-17-18(2)19-7-4-16-29-19)23-10-6-11-27-12-14-28(15-13-27)21-24-8-5-9-25-21/h4-5,7-9,16,18H,3,6,10-15,17H2,1-2H3,(H2,22,23,26). The van der Waals surface area contributed by atoms with E-state index in [1.54, 1.807) is 11.3 Å². The highest BCUT2D eigenvalue weighted by Crippen LogP contribution is 2.20. The van der Waals surface area contributed by atoms with Crippen molar-refractivity contribution in [3.63, 3.8) is 0 Å². The Kier molecular flexibility index (Phi) is 8.70. The maximum Gasteiger partial charge on any atom is 0.225 e. The number of rotatable bonds is 9. The van der Waals surface area contributed by atoms with Crippen molar-refractivity contribution in [1.82, 2.24) is 25.5 Å². The maximum absolute atomic E-state index is 4.76. The molecule has 158 valence electrons. The molecule has 0 spiro atoms. The van der Waals surface area contributed by atoms with Gasteiger partial charge in [-0.15, -0.1) is 11.3 Å². The van der Waals surface area contributed by atoms with Gasteiger partial charge in [-0.2, -0.15) is 0 Å². The molecule has 2 aromatic rings. The minimum absolute atomic E-state index is 0.454. The van der Waals surface area contributed by atoms with Gasteiger partial charge in [-0.1, -0.05) is 13.0 Å². The van der Waals surface area contributed by atoms with E-state index in [0.717, 1.165) is 70.7 Å². The average Bonchev–Trinajstić information content (AvgIpc) is 3.31. The summed E-state index contributed by atoms with van der Waals surface area (Å²) in [6, 6.07) is 6.16. The van der Waals surface area contributed by atoms with Crippen molar-refractivity contribution in [2.24, 2.45) is 4.99 Å². The Labute approximate surface area is 178 Å². The van der Waals surface area contributed by atoms with Gasteiger partial charge in [0.25, 0.3) is 0 Å². The molecule has 1 fully saturated rings. The van der Waals surface area contributed by atoms with Gasteiger partial charge in [0.05, 0.1) is 6.54 Å². The van der Waals surface area contributed by atoms with Gasteiger partial charge in [-0.3, -0.25) is 9.89 Å². The van der Waals surface area contributed by atoms with E-state index in [4.69, 9.17) is 4.99 Å². The summed E-state index contributed by atoms with van der Waals surface area (Å²) in [5.41, 5.74) is 0. The smallest absolute Gasteiger partial charge is 0.225 e. The van der Waals surface area contributed by atoms with Crippen molar-refractivity contribution in [2.75, 3.05) is 57.3 Å². The van der Waals surface area contributed by atoms with E-state index >= 15 is 0 Å². The molecule has 0 saturated carbocycles. The summed E-state index contributed by atoms with van der Waals surface area (Å²) in [6.45, 7) is 12.2. The second-order valence-electron chi connectivity index (χ2n) is 7.29. The average molecular weight is 416 g/mol. The summed E-state index contributed by atoms with van der Waals surface area (Å²) >= 11 is 1.81. The molecular weight excluding hydrogens is 382 g/mol.